The molecule has 1 atom stereocenters. The molecule has 1 saturated heterocycles. The second-order valence-electron chi connectivity index (χ2n) is 7.18. The van der Waals surface area contributed by atoms with E-state index in [1.54, 1.807) is 18.2 Å². The standard InChI is InChI=1S/C21H21ClFN3O4S/c1-2-29-19-10-9-17(12-18(19)22)31(27,28)26-11-3-4-15(13-26)21-25-24-20(30-21)14-5-7-16(23)8-6-14/h5-10,12,15H,2-4,11,13H2,1H3. The molecule has 4 rings (SSSR count). The lowest BCUT2D eigenvalue weighted by atomic mass is 10.00. The summed E-state index contributed by atoms with van der Waals surface area (Å²) in [4.78, 5) is 0.110. The smallest absolute Gasteiger partial charge is 0.247 e. The van der Waals surface area contributed by atoms with E-state index >= 15 is 0 Å². The van der Waals surface area contributed by atoms with Crippen molar-refractivity contribution in [3.63, 3.8) is 0 Å². The first-order valence-corrected chi connectivity index (χ1v) is 11.7. The topological polar surface area (TPSA) is 85.5 Å². The molecule has 1 aliphatic heterocycles. The molecule has 3 aromatic rings. The number of hydrogen-bond acceptors (Lipinski definition) is 6. The molecule has 164 valence electrons. The zero-order chi connectivity index (χ0) is 22.0. The summed E-state index contributed by atoms with van der Waals surface area (Å²) < 4.78 is 52.0. The zero-order valence-electron chi connectivity index (χ0n) is 16.8. The molecule has 0 bridgehead atoms. The van der Waals surface area contributed by atoms with E-state index in [1.807, 2.05) is 6.92 Å². The molecule has 0 aliphatic carbocycles. The van der Waals surface area contributed by atoms with Crippen LogP contribution in [0.4, 0.5) is 4.39 Å². The number of piperidine rings is 1. The fourth-order valence-corrected chi connectivity index (χ4v) is 5.39. The molecule has 31 heavy (non-hydrogen) atoms. The van der Waals surface area contributed by atoms with Crippen LogP contribution in [0, 0.1) is 5.82 Å². The lowest BCUT2D eigenvalue weighted by Gasteiger charge is -2.30. The average molecular weight is 466 g/mol. The number of nitrogens with zero attached hydrogens (tertiary/aromatic N) is 3. The predicted octanol–water partition coefficient (Wildman–Crippen LogP) is 4.50. The summed E-state index contributed by atoms with van der Waals surface area (Å²) in [5.74, 6) is 0.491. The third kappa shape index (κ3) is 4.58. The van der Waals surface area contributed by atoms with Gasteiger partial charge in [-0.3, -0.25) is 0 Å². The minimum absolute atomic E-state index is 0.110. The van der Waals surface area contributed by atoms with Crippen molar-refractivity contribution in [3.8, 4) is 17.2 Å². The molecule has 0 amide bonds. The third-order valence-corrected chi connectivity index (χ3v) is 7.26. The van der Waals surface area contributed by atoms with Gasteiger partial charge in [0.2, 0.25) is 21.8 Å². The molecule has 2 aromatic carbocycles. The number of hydrogen-bond donors (Lipinski definition) is 0. The van der Waals surface area contributed by atoms with Crippen LogP contribution in [0.5, 0.6) is 5.75 Å². The van der Waals surface area contributed by atoms with Crippen molar-refractivity contribution in [3.05, 3.63) is 59.2 Å². The lowest BCUT2D eigenvalue weighted by Crippen LogP contribution is -2.39. The minimum atomic E-state index is -3.75. The summed E-state index contributed by atoms with van der Waals surface area (Å²) >= 11 is 6.18. The minimum Gasteiger partial charge on any atom is -0.492 e. The van der Waals surface area contributed by atoms with Crippen LogP contribution in [0.15, 0.2) is 51.8 Å². The quantitative estimate of drug-likeness (QED) is 0.533. The molecule has 1 fully saturated rings. The van der Waals surface area contributed by atoms with Gasteiger partial charge in [0.05, 0.1) is 22.4 Å². The Morgan fingerprint density at radius 2 is 2.00 bits per heavy atom. The molecular formula is C21H21ClFN3O4S. The van der Waals surface area contributed by atoms with Crippen molar-refractivity contribution in [1.29, 1.82) is 0 Å². The average Bonchev–Trinajstić information content (AvgIpc) is 3.26. The highest BCUT2D eigenvalue weighted by Crippen LogP contribution is 2.33. The van der Waals surface area contributed by atoms with Crippen molar-refractivity contribution in [2.75, 3.05) is 19.7 Å². The Balaban J connectivity index is 1.53. The first-order valence-electron chi connectivity index (χ1n) is 9.90. The molecule has 0 radical (unpaired) electrons. The molecule has 1 aliphatic rings. The summed E-state index contributed by atoms with van der Waals surface area (Å²) in [6.45, 7) is 2.87. The van der Waals surface area contributed by atoms with Gasteiger partial charge >= 0.3 is 0 Å². The lowest BCUT2D eigenvalue weighted by molar-refractivity contribution is 0.286. The van der Waals surface area contributed by atoms with E-state index in [0.29, 0.717) is 36.8 Å². The summed E-state index contributed by atoms with van der Waals surface area (Å²) in [5.41, 5.74) is 0.601. The molecule has 1 unspecified atom stereocenters. The Morgan fingerprint density at radius 1 is 1.23 bits per heavy atom. The molecule has 2 heterocycles. The Bertz CT molecular complexity index is 1170. The van der Waals surface area contributed by atoms with Crippen LogP contribution in [-0.2, 0) is 10.0 Å². The second-order valence-corrected chi connectivity index (χ2v) is 9.52. The van der Waals surface area contributed by atoms with Gasteiger partial charge in [0.15, 0.2) is 0 Å². The summed E-state index contributed by atoms with van der Waals surface area (Å²) in [6.07, 6.45) is 1.38. The van der Waals surface area contributed by atoms with Crippen LogP contribution < -0.4 is 4.74 Å². The fraction of sp³-hybridized carbons (Fsp3) is 0.333. The van der Waals surface area contributed by atoms with E-state index in [0.717, 1.165) is 6.42 Å². The number of ether oxygens (including phenoxy) is 1. The SMILES string of the molecule is CCOc1ccc(S(=O)(=O)N2CCCC(c3nnc(-c4ccc(F)cc4)o3)C2)cc1Cl. The van der Waals surface area contributed by atoms with Gasteiger partial charge in [0, 0.05) is 18.7 Å². The van der Waals surface area contributed by atoms with E-state index in [1.165, 1.54) is 28.6 Å². The monoisotopic (exact) mass is 465 g/mol. The van der Waals surface area contributed by atoms with E-state index in [4.69, 9.17) is 20.8 Å². The highest BCUT2D eigenvalue weighted by atomic mass is 35.5. The Labute approximate surface area is 184 Å². The maximum Gasteiger partial charge on any atom is 0.247 e. The molecule has 0 saturated carbocycles. The van der Waals surface area contributed by atoms with Gasteiger partial charge in [-0.05, 0) is 62.2 Å². The van der Waals surface area contributed by atoms with Gasteiger partial charge in [0.25, 0.3) is 0 Å². The van der Waals surface area contributed by atoms with E-state index < -0.39 is 10.0 Å². The van der Waals surface area contributed by atoms with Crippen LogP contribution in [-0.4, -0.2) is 42.6 Å². The van der Waals surface area contributed by atoms with Crippen molar-refractivity contribution >= 4 is 21.6 Å². The maximum absolute atomic E-state index is 13.2. The first-order chi connectivity index (χ1) is 14.9. The maximum atomic E-state index is 13.2. The fourth-order valence-electron chi connectivity index (χ4n) is 3.53. The molecule has 1 aromatic heterocycles. The van der Waals surface area contributed by atoms with Crippen LogP contribution in [0.2, 0.25) is 5.02 Å². The van der Waals surface area contributed by atoms with E-state index in [2.05, 4.69) is 10.2 Å². The summed E-state index contributed by atoms with van der Waals surface area (Å²) in [6, 6.07) is 10.2. The number of halogens is 2. The second kappa shape index (κ2) is 8.94. The Morgan fingerprint density at radius 3 is 2.71 bits per heavy atom. The van der Waals surface area contributed by atoms with Crippen molar-refractivity contribution in [2.24, 2.45) is 0 Å². The predicted molar refractivity (Wildman–Crippen MR) is 113 cm³/mol. The number of benzene rings is 2. The number of aromatic nitrogens is 2. The third-order valence-electron chi connectivity index (χ3n) is 5.11. The van der Waals surface area contributed by atoms with E-state index in [-0.39, 0.29) is 34.1 Å². The normalized spacial score (nSPS) is 17.6. The van der Waals surface area contributed by atoms with Gasteiger partial charge in [-0.15, -0.1) is 10.2 Å². The van der Waals surface area contributed by atoms with Gasteiger partial charge in [-0.25, -0.2) is 12.8 Å². The molecule has 10 heteroatoms. The van der Waals surface area contributed by atoms with Crippen LogP contribution in [0.1, 0.15) is 31.6 Å². The molecule has 7 nitrogen and oxygen atoms in total. The number of rotatable bonds is 6. The Kier molecular flexibility index (Phi) is 6.27. The van der Waals surface area contributed by atoms with Gasteiger partial charge < -0.3 is 9.15 Å². The van der Waals surface area contributed by atoms with Gasteiger partial charge in [0.1, 0.15) is 11.6 Å². The highest BCUT2D eigenvalue weighted by molar-refractivity contribution is 7.89. The summed E-state index contributed by atoms with van der Waals surface area (Å²) in [5, 5.41) is 8.39. The highest BCUT2D eigenvalue weighted by Gasteiger charge is 2.33. The zero-order valence-corrected chi connectivity index (χ0v) is 18.4. The van der Waals surface area contributed by atoms with Crippen LogP contribution >= 0.6 is 11.6 Å². The van der Waals surface area contributed by atoms with E-state index in [9.17, 15) is 12.8 Å². The molecule has 0 N–H and O–H groups in total. The van der Waals surface area contributed by atoms with Crippen molar-refractivity contribution in [2.45, 2.75) is 30.6 Å². The van der Waals surface area contributed by atoms with Crippen molar-refractivity contribution in [1.82, 2.24) is 14.5 Å². The Hall–Kier alpha value is -2.49. The van der Waals surface area contributed by atoms with Crippen molar-refractivity contribution < 1.29 is 22.0 Å². The first kappa shape index (κ1) is 21.7. The summed E-state index contributed by atoms with van der Waals surface area (Å²) in [7, 11) is -3.75. The molecular weight excluding hydrogens is 445 g/mol. The van der Waals surface area contributed by atoms with Gasteiger partial charge in [-0.2, -0.15) is 4.31 Å². The number of sulfonamides is 1. The van der Waals surface area contributed by atoms with Gasteiger partial charge in [-0.1, -0.05) is 11.6 Å². The molecule has 0 spiro atoms. The van der Waals surface area contributed by atoms with Crippen LogP contribution in [0.3, 0.4) is 0 Å². The largest absolute Gasteiger partial charge is 0.492 e. The van der Waals surface area contributed by atoms with Crippen LogP contribution in [0.25, 0.3) is 11.5 Å².